The molecule has 2 fully saturated rings. The van der Waals surface area contributed by atoms with E-state index in [9.17, 15) is 4.79 Å². The minimum Gasteiger partial charge on any atom is -0.325 e. The lowest BCUT2D eigenvalue weighted by Gasteiger charge is -2.30. The van der Waals surface area contributed by atoms with Crippen molar-refractivity contribution in [1.29, 1.82) is 0 Å². The SMILES string of the molecule is O=C1C(c2ccccc2)NCN1C1CCSCC1. The van der Waals surface area contributed by atoms with E-state index in [2.05, 4.69) is 5.32 Å². The molecule has 2 aliphatic rings. The van der Waals surface area contributed by atoms with Gasteiger partial charge in [0, 0.05) is 6.04 Å². The number of hydrogen-bond acceptors (Lipinski definition) is 3. The monoisotopic (exact) mass is 262 g/mol. The van der Waals surface area contributed by atoms with Crippen molar-refractivity contribution in [2.45, 2.75) is 24.9 Å². The second-order valence-electron chi connectivity index (χ2n) is 4.86. The van der Waals surface area contributed by atoms with Gasteiger partial charge >= 0.3 is 0 Å². The molecular weight excluding hydrogens is 244 g/mol. The van der Waals surface area contributed by atoms with Crippen LogP contribution < -0.4 is 5.32 Å². The highest BCUT2D eigenvalue weighted by atomic mass is 32.2. The second kappa shape index (κ2) is 5.33. The Kier molecular flexibility index (Phi) is 3.57. The van der Waals surface area contributed by atoms with Crippen molar-refractivity contribution in [3.8, 4) is 0 Å². The lowest BCUT2D eigenvalue weighted by atomic mass is 10.1. The third-order valence-corrected chi connectivity index (χ3v) is 4.81. The highest BCUT2D eigenvalue weighted by molar-refractivity contribution is 7.99. The molecule has 96 valence electrons. The van der Waals surface area contributed by atoms with Crippen LogP contribution in [0.15, 0.2) is 30.3 Å². The summed E-state index contributed by atoms with van der Waals surface area (Å²) >= 11 is 2.00. The summed E-state index contributed by atoms with van der Waals surface area (Å²) in [6, 6.07) is 10.3. The normalized spacial score (nSPS) is 25.7. The van der Waals surface area contributed by atoms with Crippen LogP contribution in [0.4, 0.5) is 0 Å². The number of rotatable bonds is 2. The van der Waals surface area contributed by atoms with Gasteiger partial charge in [0.05, 0.1) is 6.67 Å². The molecule has 1 N–H and O–H groups in total. The average molecular weight is 262 g/mol. The fourth-order valence-corrected chi connectivity index (χ4v) is 3.81. The van der Waals surface area contributed by atoms with E-state index in [4.69, 9.17) is 0 Å². The largest absolute Gasteiger partial charge is 0.325 e. The fraction of sp³-hybridized carbons (Fsp3) is 0.500. The van der Waals surface area contributed by atoms with E-state index in [1.54, 1.807) is 0 Å². The first-order valence-corrected chi connectivity index (χ1v) is 7.68. The number of amides is 1. The Morgan fingerprint density at radius 1 is 1.17 bits per heavy atom. The minimum atomic E-state index is -0.138. The van der Waals surface area contributed by atoms with Gasteiger partial charge in [0.1, 0.15) is 6.04 Å². The lowest BCUT2D eigenvalue weighted by Crippen LogP contribution is -2.39. The zero-order chi connectivity index (χ0) is 12.4. The van der Waals surface area contributed by atoms with Gasteiger partial charge in [-0.05, 0) is 29.9 Å². The van der Waals surface area contributed by atoms with Gasteiger partial charge in [0.25, 0.3) is 0 Å². The zero-order valence-electron chi connectivity index (χ0n) is 10.3. The van der Waals surface area contributed by atoms with Crippen molar-refractivity contribution >= 4 is 17.7 Å². The van der Waals surface area contributed by atoms with Crippen LogP contribution in [-0.2, 0) is 4.79 Å². The molecule has 0 saturated carbocycles. The molecule has 0 radical (unpaired) electrons. The van der Waals surface area contributed by atoms with E-state index >= 15 is 0 Å². The Morgan fingerprint density at radius 2 is 1.89 bits per heavy atom. The van der Waals surface area contributed by atoms with E-state index < -0.39 is 0 Å². The molecular formula is C14H18N2OS. The summed E-state index contributed by atoms with van der Waals surface area (Å²) in [6.45, 7) is 0.702. The Bertz CT molecular complexity index is 417. The summed E-state index contributed by atoms with van der Waals surface area (Å²) in [4.78, 5) is 14.5. The standard InChI is InChI=1S/C14H18N2OS/c17-14-13(11-4-2-1-3-5-11)15-10-16(14)12-6-8-18-9-7-12/h1-5,12-13,15H,6-10H2. The van der Waals surface area contributed by atoms with Crippen LogP contribution in [0.2, 0.25) is 0 Å². The van der Waals surface area contributed by atoms with Gasteiger partial charge in [-0.2, -0.15) is 11.8 Å². The summed E-state index contributed by atoms with van der Waals surface area (Å²) < 4.78 is 0. The molecule has 0 aromatic heterocycles. The van der Waals surface area contributed by atoms with Gasteiger partial charge in [-0.3, -0.25) is 10.1 Å². The van der Waals surface area contributed by atoms with Crippen LogP contribution in [0, 0.1) is 0 Å². The Labute approximate surface area is 112 Å². The van der Waals surface area contributed by atoms with Crippen LogP contribution in [0.25, 0.3) is 0 Å². The molecule has 1 unspecified atom stereocenters. The number of hydrogen-bond donors (Lipinski definition) is 1. The van der Waals surface area contributed by atoms with Gasteiger partial charge in [0.2, 0.25) is 5.91 Å². The summed E-state index contributed by atoms with van der Waals surface area (Å²) in [7, 11) is 0. The number of nitrogens with one attached hydrogen (secondary N) is 1. The van der Waals surface area contributed by atoms with E-state index in [1.165, 1.54) is 11.5 Å². The van der Waals surface area contributed by atoms with Crippen molar-refractivity contribution in [1.82, 2.24) is 10.2 Å². The lowest BCUT2D eigenvalue weighted by molar-refractivity contribution is -0.131. The molecule has 1 amide bonds. The maximum atomic E-state index is 12.5. The van der Waals surface area contributed by atoms with Crippen molar-refractivity contribution in [3.63, 3.8) is 0 Å². The zero-order valence-corrected chi connectivity index (χ0v) is 11.2. The maximum absolute atomic E-state index is 12.5. The van der Waals surface area contributed by atoms with Crippen LogP contribution in [0.1, 0.15) is 24.4 Å². The second-order valence-corrected chi connectivity index (χ2v) is 6.08. The number of thioether (sulfide) groups is 1. The number of benzene rings is 1. The number of nitrogens with zero attached hydrogens (tertiary/aromatic N) is 1. The molecule has 18 heavy (non-hydrogen) atoms. The molecule has 2 aliphatic heterocycles. The third-order valence-electron chi connectivity index (χ3n) is 3.76. The van der Waals surface area contributed by atoms with E-state index in [0.29, 0.717) is 12.7 Å². The number of carbonyl (C=O) groups excluding carboxylic acids is 1. The first kappa shape index (κ1) is 12.1. The van der Waals surface area contributed by atoms with Crippen LogP contribution in [0.5, 0.6) is 0 Å². The highest BCUT2D eigenvalue weighted by Crippen LogP contribution is 2.27. The Balaban J connectivity index is 1.72. The van der Waals surface area contributed by atoms with Crippen molar-refractivity contribution in [2.24, 2.45) is 0 Å². The summed E-state index contributed by atoms with van der Waals surface area (Å²) in [5.74, 6) is 2.62. The first-order valence-electron chi connectivity index (χ1n) is 6.53. The Hall–Kier alpha value is -1.00. The highest BCUT2D eigenvalue weighted by Gasteiger charge is 2.36. The smallest absolute Gasteiger partial charge is 0.245 e. The molecule has 0 bridgehead atoms. The molecule has 4 heteroatoms. The predicted octanol–water partition coefficient (Wildman–Crippen LogP) is 2.01. The van der Waals surface area contributed by atoms with Crippen molar-refractivity contribution < 1.29 is 4.79 Å². The average Bonchev–Trinajstić information content (AvgIpc) is 2.83. The van der Waals surface area contributed by atoms with Gasteiger partial charge in [-0.25, -0.2) is 0 Å². The molecule has 1 atom stereocenters. The molecule has 2 heterocycles. The van der Waals surface area contributed by atoms with Gasteiger partial charge in [0.15, 0.2) is 0 Å². The van der Waals surface area contributed by atoms with Crippen LogP contribution in [0.3, 0.4) is 0 Å². The van der Waals surface area contributed by atoms with E-state index in [0.717, 1.165) is 18.4 Å². The van der Waals surface area contributed by atoms with Crippen molar-refractivity contribution in [2.75, 3.05) is 18.2 Å². The third kappa shape index (κ3) is 2.27. The quantitative estimate of drug-likeness (QED) is 0.885. The molecule has 3 rings (SSSR count). The maximum Gasteiger partial charge on any atom is 0.245 e. The first-order chi connectivity index (χ1) is 8.86. The van der Waals surface area contributed by atoms with Gasteiger partial charge in [-0.15, -0.1) is 0 Å². The molecule has 0 spiro atoms. The topological polar surface area (TPSA) is 32.3 Å². The van der Waals surface area contributed by atoms with Crippen molar-refractivity contribution in [3.05, 3.63) is 35.9 Å². The summed E-state index contributed by atoms with van der Waals surface area (Å²) in [5, 5.41) is 3.34. The minimum absolute atomic E-state index is 0.138. The predicted molar refractivity (Wildman–Crippen MR) is 74.4 cm³/mol. The van der Waals surface area contributed by atoms with E-state index in [-0.39, 0.29) is 11.9 Å². The van der Waals surface area contributed by atoms with Crippen LogP contribution >= 0.6 is 11.8 Å². The fourth-order valence-electron chi connectivity index (χ4n) is 2.73. The number of carbonyl (C=O) groups is 1. The van der Waals surface area contributed by atoms with Crippen LogP contribution in [-0.4, -0.2) is 35.0 Å². The molecule has 1 aromatic rings. The molecule has 0 aliphatic carbocycles. The molecule has 1 aromatic carbocycles. The summed E-state index contributed by atoms with van der Waals surface area (Å²) in [5.41, 5.74) is 1.08. The summed E-state index contributed by atoms with van der Waals surface area (Å²) in [6.07, 6.45) is 2.28. The van der Waals surface area contributed by atoms with Gasteiger partial charge in [-0.1, -0.05) is 30.3 Å². The Morgan fingerprint density at radius 3 is 2.61 bits per heavy atom. The molecule has 2 saturated heterocycles. The molecule has 3 nitrogen and oxygen atoms in total. The van der Waals surface area contributed by atoms with Gasteiger partial charge < -0.3 is 4.90 Å². The van der Waals surface area contributed by atoms with E-state index in [1.807, 2.05) is 47.0 Å².